The Morgan fingerprint density at radius 2 is 1.67 bits per heavy atom. The highest BCUT2D eigenvalue weighted by molar-refractivity contribution is 5.73. The fraction of sp³-hybridized carbons (Fsp3) is 0.375. The number of aromatic nitrogens is 2. The number of hydrogen-bond acceptors (Lipinski definition) is 5. The first kappa shape index (κ1) is 23.1. The molecule has 2 aliphatic rings. The molecule has 1 aliphatic carbocycles. The van der Waals surface area contributed by atoms with Crippen molar-refractivity contribution in [2.75, 3.05) is 13.1 Å². The van der Waals surface area contributed by atoms with E-state index in [1.54, 1.807) is 0 Å². The van der Waals surface area contributed by atoms with E-state index in [0.717, 1.165) is 43.0 Å². The number of nitrogens with zero attached hydrogens (tertiary/aromatic N) is 3. The molecule has 2 aromatic carbocycles. The van der Waals surface area contributed by atoms with Gasteiger partial charge in [0, 0.05) is 25.0 Å². The van der Waals surface area contributed by atoms with E-state index in [0.29, 0.717) is 11.5 Å². The van der Waals surface area contributed by atoms with E-state index in [1.165, 1.54) is 18.4 Å². The molecule has 33 heavy (non-hydrogen) atoms. The molecular weight excluding hydrogens is 435 g/mol. The quantitative estimate of drug-likeness (QED) is 0.608. The van der Waals surface area contributed by atoms with Crippen LogP contribution in [-0.2, 0) is 22.7 Å². The van der Waals surface area contributed by atoms with Crippen LogP contribution in [0.15, 0.2) is 60.8 Å². The summed E-state index contributed by atoms with van der Waals surface area (Å²) in [7, 11) is 0. The number of para-hydroxylation sites is 2. The molecule has 0 radical (unpaired) electrons. The van der Waals surface area contributed by atoms with Gasteiger partial charge in [0.05, 0.1) is 35.6 Å². The lowest BCUT2D eigenvalue weighted by Crippen LogP contribution is -2.63. The van der Waals surface area contributed by atoms with Gasteiger partial charge in [0.25, 0.3) is 0 Å². The minimum Gasteiger partial charge on any atom is -0.475 e. The molecule has 0 unspecified atom stereocenters. The van der Waals surface area contributed by atoms with Gasteiger partial charge in [-0.2, -0.15) is 13.2 Å². The van der Waals surface area contributed by atoms with Gasteiger partial charge in [-0.1, -0.05) is 42.5 Å². The Morgan fingerprint density at radius 3 is 2.30 bits per heavy atom. The van der Waals surface area contributed by atoms with E-state index in [-0.39, 0.29) is 0 Å². The van der Waals surface area contributed by atoms with Gasteiger partial charge < -0.3 is 9.84 Å². The maximum Gasteiger partial charge on any atom is 0.490 e. The van der Waals surface area contributed by atoms with Gasteiger partial charge >= 0.3 is 12.1 Å². The number of likely N-dealkylation sites (tertiary alicyclic amines) is 1. The zero-order valence-electron chi connectivity index (χ0n) is 17.8. The average Bonchev–Trinajstić information content (AvgIpc) is 2.74. The Labute approximate surface area is 189 Å². The molecule has 3 aromatic rings. The average molecular weight is 459 g/mol. The zero-order valence-corrected chi connectivity index (χ0v) is 17.8. The molecule has 2 fully saturated rings. The molecule has 2 heterocycles. The number of alkyl halides is 3. The van der Waals surface area contributed by atoms with E-state index < -0.39 is 12.1 Å². The van der Waals surface area contributed by atoms with Gasteiger partial charge in [-0.25, -0.2) is 9.78 Å². The third-order valence-electron chi connectivity index (χ3n) is 5.89. The van der Waals surface area contributed by atoms with Gasteiger partial charge in [0.1, 0.15) is 0 Å². The van der Waals surface area contributed by atoms with Crippen LogP contribution in [-0.4, -0.2) is 51.3 Å². The molecule has 1 spiro atoms. The van der Waals surface area contributed by atoms with Crippen molar-refractivity contribution in [3.8, 4) is 0 Å². The van der Waals surface area contributed by atoms with Crippen LogP contribution >= 0.6 is 0 Å². The number of fused-ring (bicyclic) bond motifs is 1. The molecule has 6 nitrogen and oxygen atoms in total. The Hall–Kier alpha value is -3.04. The standard InChI is InChI=1S/C22H23N3O.C2HF3O2/c1-2-6-17(7-3-1)14-26-19-10-22(11-19)15-25(16-22)13-18-12-23-20-8-4-5-9-21(20)24-18;3-2(4,5)1(6)7/h1-9,12,19H,10-11,13-16H2;(H,6,7). The largest absolute Gasteiger partial charge is 0.490 e. The van der Waals surface area contributed by atoms with Gasteiger partial charge in [-0.3, -0.25) is 9.88 Å². The van der Waals surface area contributed by atoms with Crippen LogP contribution in [0.4, 0.5) is 13.2 Å². The van der Waals surface area contributed by atoms with Crippen molar-refractivity contribution in [2.45, 2.75) is 38.3 Å². The first-order valence-corrected chi connectivity index (χ1v) is 10.6. The minimum atomic E-state index is -5.08. The maximum absolute atomic E-state index is 10.6. The first-order valence-electron chi connectivity index (χ1n) is 10.6. The molecule has 5 rings (SSSR count). The Kier molecular flexibility index (Phi) is 6.62. The van der Waals surface area contributed by atoms with E-state index >= 15 is 0 Å². The van der Waals surface area contributed by atoms with Gasteiger partial charge in [0.15, 0.2) is 0 Å². The number of benzene rings is 2. The van der Waals surface area contributed by atoms with Gasteiger partial charge in [0.2, 0.25) is 0 Å². The van der Waals surface area contributed by atoms with Crippen molar-refractivity contribution in [1.82, 2.24) is 14.9 Å². The number of aliphatic carboxylic acids is 1. The van der Waals surface area contributed by atoms with E-state index in [2.05, 4.69) is 34.1 Å². The number of rotatable bonds is 5. The van der Waals surface area contributed by atoms with Crippen LogP contribution in [0.3, 0.4) is 0 Å². The van der Waals surface area contributed by atoms with Gasteiger partial charge in [-0.15, -0.1) is 0 Å². The molecule has 174 valence electrons. The fourth-order valence-electron chi connectivity index (χ4n) is 4.39. The highest BCUT2D eigenvalue weighted by atomic mass is 19.4. The molecule has 0 bridgehead atoms. The summed E-state index contributed by atoms with van der Waals surface area (Å²) in [6.45, 7) is 3.95. The van der Waals surface area contributed by atoms with Crippen molar-refractivity contribution in [3.05, 3.63) is 72.1 Å². The summed E-state index contributed by atoms with van der Waals surface area (Å²) in [5.41, 5.74) is 4.77. The lowest BCUT2D eigenvalue weighted by Gasteiger charge is -2.58. The van der Waals surface area contributed by atoms with E-state index in [1.807, 2.05) is 36.5 Å². The summed E-state index contributed by atoms with van der Waals surface area (Å²) in [6, 6.07) is 18.5. The number of carboxylic acids is 1. The Morgan fingerprint density at radius 1 is 1.06 bits per heavy atom. The Bertz CT molecular complexity index is 1090. The molecule has 1 N–H and O–H groups in total. The van der Waals surface area contributed by atoms with Gasteiger partial charge in [-0.05, 0) is 30.5 Å². The SMILES string of the molecule is O=C(O)C(F)(F)F.c1ccc(COC2CC3(C2)CN(Cc2cnc4ccccc4n2)C3)cc1. The molecule has 1 saturated carbocycles. The Balaban J connectivity index is 0.000000325. The summed E-state index contributed by atoms with van der Waals surface area (Å²) in [5.74, 6) is -2.76. The second kappa shape index (κ2) is 9.44. The van der Waals surface area contributed by atoms with Crippen LogP contribution in [0.5, 0.6) is 0 Å². The predicted octanol–water partition coefficient (Wildman–Crippen LogP) is 4.44. The molecule has 0 amide bonds. The summed E-state index contributed by atoms with van der Waals surface area (Å²) >= 11 is 0. The third-order valence-corrected chi connectivity index (χ3v) is 5.89. The summed E-state index contributed by atoms with van der Waals surface area (Å²) in [4.78, 5) is 20.6. The highest BCUT2D eigenvalue weighted by Crippen LogP contribution is 2.50. The molecule has 9 heteroatoms. The van der Waals surface area contributed by atoms with E-state index in [9.17, 15) is 13.2 Å². The molecule has 1 saturated heterocycles. The lowest BCUT2D eigenvalue weighted by atomic mass is 9.61. The van der Waals surface area contributed by atoms with Crippen LogP contribution in [0, 0.1) is 5.41 Å². The minimum absolute atomic E-state index is 0.429. The van der Waals surface area contributed by atoms with Crippen LogP contribution in [0.25, 0.3) is 11.0 Å². The molecular formula is C24H24F3N3O3. The summed E-state index contributed by atoms with van der Waals surface area (Å²) in [6.07, 6.45) is -0.350. The van der Waals surface area contributed by atoms with Crippen molar-refractivity contribution >= 4 is 17.0 Å². The first-order chi connectivity index (χ1) is 15.7. The van der Waals surface area contributed by atoms with Crippen LogP contribution in [0.1, 0.15) is 24.1 Å². The number of ether oxygens (including phenoxy) is 1. The zero-order chi connectivity index (χ0) is 23.5. The number of carbonyl (C=O) groups is 1. The van der Waals surface area contributed by atoms with Crippen molar-refractivity contribution in [1.29, 1.82) is 0 Å². The fourth-order valence-corrected chi connectivity index (χ4v) is 4.39. The van der Waals surface area contributed by atoms with Crippen molar-refractivity contribution in [2.24, 2.45) is 5.41 Å². The monoisotopic (exact) mass is 459 g/mol. The van der Waals surface area contributed by atoms with Crippen molar-refractivity contribution < 1.29 is 27.8 Å². The second-order valence-electron chi connectivity index (χ2n) is 8.62. The van der Waals surface area contributed by atoms with E-state index in [4.69, 9.17) is 19.6 Å². The normalized spacial score (nSPS) is 17.7. The second-order valence-corrected chi connectivity index (χ2v) is 8.62. The summed E-state index contributed by atoms with van der Waals surface area (Å²) in [5, 5.41) is 7.12. The number of hydrogen-bond donors (Lipinski definition) is 1. The smallest absolute Gasteiger partial charge is 0.475 e. The molecule has 1 aromatic heterocycles. The van der Waals surface area contributed by atoms with Crippen LogP contribution < -0.4 is 0 Å². The van der Waals surface area contributed by atoms with Crippen LogP contribution in [0.2, 0.25) is 0 Å². The number of halogens is 3. The van der Waals surface area contributed by atoms with Crippen molar-refractivity contribution in [3.63, 3.8) is 0 Å². The lowest BCUT2D eigenvalue weighted by molar-refractivity contribution is -0.192. The predicted molar refractivity (Wildman–Crippen MR) is 115 cm³/mol. The number of carboxylic acid groups (broad SMARTS) is 1. The topological polar surface area (TPSA) is 75.6 Å². The summed E-state index contributed by atoms with van der Waals surface area (Å²) < 4.78 is 37.8. The maximum atomic E-state index is 10.6. The molecule has 1 aliphatic heterocycles. The molecule has 0 atom stereocenters. The third kappa shape index (κ3) is 5.85. The highest BCUT2D eigenvalue weighted by Gasteiger charge is 2.52.